The minimum absolute atomic E-state index is 0.00701. The van der Waals surface area contributed by atoms with Gasteiger partial charge in [-0.15, -0.1) is 0 Å². The highest BCUT2D eigenvalue weighted by molar-refractivity contribution is 7.83. The van der Waals surface area contributed by atoms with Gasteiger partial charge in [0.05, 0.1) is 16.9 Å². The lowest BCUT2D eigenvalue weighted by Crippen LogP contribution is -2.36. The van der Waals surface area contributed by atoms with E-state index in [4.69, 9.17) is 0 Å². The summed E-state index contributed by atoms with van der Waals surface area (Å²) in [6.07, 6.45) is 2.21. The Hall–Kier alpha value is -1.73. The molecule has 2 heterocycles. The zero-order chi connectivity index (χ0) is 19.3. The molecule has 0 spiro atoms. The van der Waals surface area contributed by atoms with Crippen molar-refractivity contribution in [3.63, 3.8) is 0 Å². The molecule has 6 nitrogen and oxygen atoms in total. The molecule has 1 aliphatic carbocycles. The van der Waals surface area contributed by atoms with Gasteiger partial charge in [0.25, 0.3) is 0 Å². The van der Waals surface area contributed by atoms with Crippen LogP contribution in [0.1, 0.15) is 25.3 Å². The molecule has 0 radical (unpaired) electrons. The van der Waals surface area contributed by atoms with E-state index in [0.29, 0.717) is 19.0 Å². The van der Waals surface area contributed by atoms with Crippen LogP contribution in [0.5, 0.6) is 0 Å². The highest BCUT2D eigenvalue weighted by atomic mass is 32.2. The van der Waals surface area contributed by atoms with Crippen molar-refractivity contribution in [2.24, 2.45) is 17.8 Å². The summed E-state index contributed by atoms with van der Waals surface area (Å²) >= 11 is 0. The number of likely N-dealkylation sites (tertiary alicyclic amines) is 1. The summed E-state index contributed by atoms with van der Waals surface area (Å²) < 4.78 is 15.0. The molecule has 0 bridgehead atoms. The third-order valence-electron chi connectivity index (χ3n) is 6.08. The number of carbonyl (C=O) groups excluding carboxylic acids is 2. The molecule has 27 heavy (non-hydrogen) atoms. The van der Waals surface area contributed by atoms with Gasteiger partial charge >= 0.3 is 0 Å². The second-order valence-electron chi connectivity index (χ2n) is 8.14. The van der Waals surface area contributed by atoms with Crippen molar-refractivity contribution in [3.05, 3.63) is 29.8 Å². The number of rotatable bonds is 5. The average molecular weight is 390 g/mol. The van der Waals surface area contributed by atoms with Crippen LogP contribution in [0.25, 0.3) is 0 Å². The van der Waals surface area contributed by atoms with E-state index in [9.17, 15) is 13.8 Å². The fraction of sp³-hybridized carbons (Fsp3) is 0.600. The van der Waals surface area contributed by atoms with Crippen LogP contribution in [-0.2, 0) is 20.6 Å². The Kier molecular flexibility index (Phi) is 4.84. The summed E-state index contributed by atoms with van der Waals surface area (Å²) in [6.45, 7) is 5.07. The Balaban J connectivity index is 1.49. The molecule has 3 unspecified atom stereocenters. The van der Waals surface area contributed by atoms with Crippen molar-refractivity contribution >= 4 is 22.8 Å². The van der Waals surface area contributed by atoms with E-state index in [-0.39, 0.29) is 35.7 Å². The Morgan fingerprint density at radius 3 is 2.41 bits per heavy atom. The SMILES string of the molecule is CNC(=O)C1CN(C(=O)[C@H]2[C@@H](C3CC3)N2[S@](=O)c2ccc(C)cc2)CC1C. The first-order valence-electron chi connectivity index (χ1n) is 9.69. The van der Waals surface area contributed by atoms with Crippen LogP contribution in [-0.4, -0.2) is 57.4 Å². The van der Waals surface area contributed by atoms with Gasteiger partial charge in [-0.1, -0.05) is 24.6 Å². The van der Waals surface area contributed by atoms with Gasteiger partial charge in [0, 0.05) is 20.1 Å². The van der Waals surface area contributed by atoms with Crippen molar-refractivity contribution in [2.45, 2.75) is 43.7 Å². The minimum atomic E-state index is -1.32. The molecule has 1 saturated carbocycles. The van der Waals surface area contributed by atoms with E-state index >= 15 is 0 Å². The third kappa shape index (κ3) is 3.43. The number of nitrogens with zero attached hydrogens (tertiary/aromatic N) is 2. The zero-order valence-corrected chi connectivity index (χ0v) is 16.9. The maximum atomic E-state index is 13.2. The van der Waals surface area contributed by atoms with Crippen LogP contribution in [0.4, 0.5) is 0 Å². The maximum Gasteiger partial charge on any atom is 0.242 e. The Morgan fingerprint density at radius 1 is 1.15 bits per heavy atom. The van der Waals surface area contributed by atoms with Crippen molar-refractivity contribution in [1.82, 2.24) is 14.5 Å². The normalized spacial score (nSPS) is 33.6. The van der Waals surface area contributed by atoms with Gasteiger partial charge < -0.3 is 10.2 Å². The summed E-state index contributed by atoms with van der Waals surface area (Å²) in [5.41, 5.74) is 1.12. The predicted octanol–water partition coefficient (Wildman–Crippen LogP) is 1.32. The zero-order valence-electron chi connectivity index (χ0n) is 16.1. The first-order valence-corrected chi connectivity index (χ1v) is 10.8. The van der Waals surface area contributed by atoms with Gasteiger partial charge in [-0.05, 0) is 43.7 Å². The second-order valence-corrected chi connectivity index (χ2v) is 9.53. The number of amides is 2. The predicted molar refractivity (Wildman–Crippen MR) is 103 cm³/mol. The quantitative estimate of drug-likeness (QED) is 0.773. The molecule has 2 amide bonds. The third-order valence-corrected chi connectivity index (χ3v) is 7.61. The lowest BCUT2D eigenvalue weighted by molar-refractivity contribution is -0.130. The molecule has 2 aliphatic heterocycles. The minimum Gasteiger partial charge on any atom is -0.359 e. The number of carbonyl (C=O) groups is 2. The Labute approximate surface area is 162 Å². The van der Waals surface area contributed by atoms with Crippen LogP contribution in [0.3, 0.4) is 0 Å². The van der Waals surface area contributed by atoms with E-state index < -0.39 is 11.0 Å². The molecule has 1 aromatic carbocycles. The van der Waals surface area contributed by atoms with E-state index in [2.05, 4.69) is 5.32 Å². The second kappa shape index (κ2) is 7.02. The molecular formula is C20H27N3O3S. The van der Waals surface area contributed by atoms with E-state index in [0.717, 1.165) is 23.3 Å². The topological polar surface area (TPSA) is 69.5 Å². The molecule has 1 N–H and O–H groups in total. The monoisotopic (exact) mass is 389 g/mol. The van der Waals surface area contributed by atoms with Crippen molar-refractivity contribution in [3.8, 4) is 0 Å². The highest BCUT2D eigenvalue weighted by Gasteiger charge is 2.63. The van der Waals surface area contributed by atoms with Crippen molar-refractivity contribution in [1.29, 1.82) is 0 Å². The molecular weight excluding hydrogens is 362 g/mol. The molecule has 146 valence electrons. The summed E-state index contributed by atoms with van der Waals surface area (Å²) in [4.78, 5) is 27.8. The smallest absolute Gasteiger partial charge is 0.242 e. The average Bonchev–Trinajstić information content (AvgIpc) is 3.56. The van der Waals surface area contributed by atoms with Gasteiger partial charge in [0.15, 0.2) is 0 Å². The Bertz CT molecular complexity index is 777. The largest absolute Gasteiger partial charge is 0.359 e. The molecule has 3 aliphatic rings. The van der Waals surface area contributed by atoms with Gasteiger partial charge in [0.2, 0.25) is 11.8 Å². The lowest BCUT2D eigenvalue weighted by atomic mass is 9.98. The van der Waals surface area contributed by atoms with Gasteiger partial charge in [-0.25, -0.2) is 8.51 Å². The molecule has 1 aromatic rings. The van der Waals surface area contributed by atoms with Crippen LogP contribution in [0, 0.1) is 24.7 Å². The lowest BCUT2D eigenvalue weighted by Gasteiger charge is -2.16. The summed E-state index contributed by atoms with van der Waals surface area (Å²) in [5.74, 6) is 0.484. The first kappa shape index (κ1) is 18.6. The highest BCUT2D eigenvalue weighted by Crippen LogP contribution is 2.49. The molecule has 7 heteroatoms. The number of hydrogen-bond acceptors (Lipinski definition) is 3. The van der Waals surface area contributed by atoms with Gasteiger partial charge in [-0.2, -0.15) is 0 Å². The number of benzene rings is 1. The molecule has 0 aromatic heterocycles. The first-order chi connectivity index (χ1) is 12.9. The standard InChI is InChI=1S/C20H27N3O3S/c1-12-4-8-15(9-5-12)27(26)23-17(14-6-7-14)18(23)20(25)22-10-13(2)16(11-22)19(24)21-3/h4-5,8-9,13-14,16-18H,6-7,10-11H2,1-3H3,(H,21,24)/t13?,16?,17-,18-,23?,27-/m1/s1. The van der Waals surface area contributed by atoms with Gasteiger partial charge in [0.1, 0.15) is 17.0 Å². The Morgan fingerprint density at radius 2 is 1.81 bits per heavy atom. The van der Waals surface area contributed by atoms with Crippen LogP contribution in [0.2, 0.25) is 0 Å². The van der Waals surface area contributed by atoms with Crippen LogP contribution in [0.15, 0.2) is 29.2 Å². The summed E-state index contributed by atoms with van der Waals surface area (Å²) in [5, 5.41) is 2.70. The number of hydrogen-bond donors (Lipinski definition) is 1. The van der Waals surface area contributed by atoms with Gasteiger partial charge in [-0.3, -0.25) is 9.59 Å². The van der Waals surface area contributed by atoms with E-state index in [1.165, 1.54) is 0 Å². The fourth-order valence-electron chi connectivity index (χ4n) is 4.24. The van der Waals surface area contributed by atoms with Crippen molar-refractivity contribution in [2.75, 3.05) is 20.1 Å². The maximum absolute atomic E-state index is 13.2. The van der Waals surface area contributed by atoms with E-state index in [1.54, 1.807) is 11.9 Å². The molecule has 4 rings (SSSR count). The van der Waals surface area contributed by atoms with E-state index in [1.807, 2.05) is 42.4 Å². The number of aryl methyl sites for hydroxylation is 1. The van der Waals surface area contributed by atoms with Crippen molar-refractivity contribution < 1.29 is 13.8 Å². The van der Waals surface area contributed by atoms with Crippen LogP contribution < -0.4 is 5.32 Å². The molecule has 6 atom stereocenters. The number of nitrogens with one attached hydrogen (secondary N) is 1. The fourth-order valence-corrected chi connectivity index (χ4v) is 5.72. The molecule has 2 saturated heterocycles. The van der Waals surface area contributed by atoms with Crippen LogP contribution >= 0.6 is 0 Å². The molecule has 3 fully saturated rings. The summed E-state index contributed by atoms with van der Waals surface area (Å²) in [7, 11) is 0.320. The summed E-state index contributed by atoms with van der Waals surface area (Å²) in [6, 6.07) is 7.44.